The quantitative estimate of drug-likeness (QED) is 0.878. The fourth-order valence-electron chi connectivity index (χ4n) is 2.47. The van der Waals surface area contributed by atoms with Gasteiger partial charge in [0.05, 0.1) is 6.10 Å². The van der Waals surface area contributed by atoms with Crippen molar-refractivity contribution >= 4 is 22.0 Å². The predicted octanol–water partition coefficient (Wildman–Crippen LogP) is 3.74. The van der Waals surface area contributed by atoms with Gasteiger partial charge in [-0.1, -0.05) is 28.1 Å². The first-order valence-electron chi connectivity index (χ1n) is 7.18. The molecule has 1 aliphatic heterocycles. The van der Waals surface area contributed by atoms with E-state index < -0.39 is 11.7 Å². The molecule has 1 amide bonds. The summed E-state index contributed by atoms with van der Waals surface area (Å²) in [5.74, 6) is 0.0543. The van der Waals surface area contributed by atoms with E-state index in [2.05, 4.69) is 15.9 Å². The SMILES string of the molecule is CC(C)(C)OC(=O)N1CCC(C(O)c2ccc(Br)cc2)C1. The van der Waals surface area contributed by atoms with Gasteiger partial charge in [0.1, 0.15) is 5.60 Å². The van der Waals surface area contributed by atoms with E-state index in [1.54, 1.807) is 4.90 Å². The van der Waals surface area contributed by atoms with Crippen molar-refractivity contribution in [2.24, 2.45) is 5.92 Å². The molecule has 0 radical (unpaired) electrons. The third kappa shape index (κ3) is 4.45. The number of rotatable bonds is 2. The Morgan fingerprint density at radius 2 is 2.00 bits per heavy atom. The summed E-state index contributed by atoms with van der Waals surface area (Å²) in [6, 6.07) is 7.65. The average Bonchev–Trinajstić information content (AvgIpc) is 2.86. The molecule has 1 aromatic rings. The van der Waals surface area contributed by atoms with Crippen LogP contribution in [-0.4, -0.2) is 34.8 Å². The first-order chi connectivity index (χ1) is 9.76. The monoisotopic (exact) mass is 355 g/mol. The molecule has 1 N–H and O–H groups in total. The Kier molecular flexibility index (Phi) is 4.94. The maximum absolute atomic E-state index is 12.0. The standard InChI is InChI=1S/C16H22BrNO3/c1-16(2,3)21-15(20)18-9-8-12(10-18)14(19)11-4-6-13(17)7-5-11/h4-7,12,14,19H,8-10H2,1-3H3. The van der Waals surface area contributed by atoms with E-state index in [-0.39, 0.29) is 12.0 Å². The molecule has 116 valence electrons. The van der Waals surface area contributed by atoms with Crippen LogP contribution in [0.3, 0.4) is 0 Å². The molecule has 1 heterocycles. The molecule has 0 aromatic heterocycles. The smallest absolute Gasteiger partial charge is 0.410 e. The summed E-state index contributed by atoms with van der Waals surface area (Å²) < 4.78 is 6.36. The van der Waals surface area contributed by atoms with Gasteiger partial charge in [0.2, 0.25) is 0 Å². The Morgan fingerprint density at radius 1 is 1.38 bits per heavy atom. The maximum atomic E-state index is 12.0. The van der Waals surface area contributed by atoms with Crippen LogP contribution in [0, 0.1) is 5.92 Å². The van der Waals surface area contributed by atoms with Gasteiger partial charge in [0.25, 0.3) is 0 Å². The topological polar surface area (TPSA) is 49.8 Å². The lowest BCUT2D eigenvalue weighted by atomic mass is 9.95. The molecule has 1 fully saturated rings. The van der Waals surface area contributed by atoms with Gasteiger partial charge in [-0.2, -0.15) is 0 Å². The zero-order valence-corrected chi connectivity index (χ0v) is 14.3. The number of hydrogen-bond donors (Lipinski definition) is 1. The van der Waals surface area contributed by atoms with Crippen molar-refractivity contribution in [1.29, 1.82) is 0 Å². The molecular formula is C16H22BrNO3. The number of carbonyl (C=O) groups excluding carboxylic acids is 1. The van der Waals surface area contributed by atoms with Gasteiger partial charge in [-0.15, -0.1) is 0 Å². The van der Waals surface area contributed by atoms with E-state index in [0.29, 0.717) is 13.1 Å². The summed E-state index contributed by atoms with van der Waals surface area (Å²) in [4.78, 5) is 13.7. The van der Waals surface area contributed by atoms with Crippen molar-refractivity contribution in [3.63, 3.8) is 0 Å². The summed E-state index contributed by atoms with van der Waals surface area (Å²) >= 11 is 3.38. The van der Waals surface area contributed by atoms with E-state index in [4.69, 9.17) is 4.74 Å². The average molecular weight is 356 g/mol. The van der Waals surface area contributed by atoms with Crippen molar-refractivity contribution in [1.82, 2.24) is 4.90 Å². The van der Waals surface area contributed by atoms with Crippen LogP contribution in [0.15, 0.2) is 28.7 Å². The minimum absolute atomic E-state index is 0.0543. The molecule has 0 spiro atoms. The van der Waals surface area contributed by atoms with Crippen LogP contribution >= 0.6 is 15.9 Å². The van der Waals surface area contributed by atoms with Crippen LogP contribution in [-0.2, 0) is 4.74 Å². The molecule has 1 aliphatic rings. The second-order valence-corrected chi connectivity index (χ2v) is 7.39. The highest BCUT2D eigenvalue weighted by Gasteiger charge is 2.33. The Labute approximate surface area is 134 Å². The second-order valence-electron chi connectivity index (χ2n) is 6.47. The number of halogens is 1. The van der Waals surface area contributed by atoms with Gasteiger partial charge in [0, 0.05) is 23.5 Å². The number of amides is 1. The van der Waals surface area contributed by atoms with Crippen LogP contribution in [0.5, 0.6) is 0 Å². The molecule has 0 aliphatic carbocycles. The number of nitrogens with zero attached hydrogens (tertiary/aromatic N) is 1. The molecule has 2 atom stereocenters. The van der Waals surface area contributed by atoms with Crippen molar-refractivity contribution < 1.29 is 14.6 Å². The number of carbonyl (C=O) groups is 1. The van der Waals surface area contributed by atoms with Crippen LogP contribution in [0.2, 0.25) is 0 Å². The maximum Gasteiger partial charge on any atom is 0.410 e. The summed E-state index contributed by atoms with van der Waals surface area (Å²) in [6.45, 7) is 6.73. The van der Waals surface area contributed by atoms with Gasteiger partial charge in [-0.25, -0.2) is 4.79 Å². The van der Waals surface area contributed by atoms with Crippen molar-refractivity contribution in [3.05, 3.63) is 34.3 Å². The van der Waals surface area contributed by atoms with E-state index in [9.17, 15) is 9.90 Å². The number of aliphatic hydroxyl groups is 1. The number of aliphatic hydroxyl groups excluding tert-OH is 1. The Bertz CT molecular complexity index is 495. The zero-order chi connectivity index (χ0) is 15.6. The minimum atomic E-state index is -0.550. The third-order valence-corrected chi connectivity index (χ3v) is 4.06. The lowest BCUT2D eigenvalue weighted by Crippen LogP contribution is -2.35. The molecule has 5 heteroatoms. The van der Waals surface area contributed by atoms with E-state index >= 15 is 0 Å². The normalized spacial score (nSPS) is 20.4. The summed E-state index contributed by atoms with van der Waals surface area (Å²) in [6.07, 6.45) is -0.0604. The number of likely N-dealkylation sites (tertiary alicyclic amines) is 1. The fraction of sp³-hybridized carbons (Fsp3) is 0.562. The Balaban J connectivity index is 1.95. The van der Waals surface area contributed by atoms with Crippen LogP contribution < -0.4 is 0 Å². The molecule has 1 aromatic carbocycles. The van der Waals surface area contributed by atoms with Gasteiger partial charge in [-0.05, 0) is 44.9 Å². The lowest BCUT2D eigenvalue weighted by Gasteiger charge is -2.25. The largest absolute Gasteiger partial charge is 0.444 e. The minimum Gasteiger partial charge on any atom is -0.444 e. The van der Waals surface area contributed by atoms with Crippen molar-refractivity contribution in [2.45, 2.75) is 38.9 Å². The summed E-state index contributed by atoms with van der Waals surface area (Å²) in [5, 5.41) is 10.4. The molecule has 0 saturated carbocycles. The highest BCUT2D eigenvalue weighted by atomic mass is 79.9. The Morgan fingerprint density at radius 3 is 2.57 bits per heavy atom. The molecule has 0 bridgehead atoms. The van der Waals surface area contributed by atoms with Gasteiger partial charge in [-0.3, -0.25) is 0 Å². The number of hydrogen-bond acceptors (Lipinski definition) is 3. The molecule has 2 rings (SSSR count). The van der Waals surface area contributed by atoms with E-state index in [1.807, 2.05) is 45.0 Å². The fourth-order valence-corrected chi connectivity index (χ4v) is 2.73. The molecule has 21 heavy (non-hydrogen) atoms. The zero-order valence-electron chi connectivity index (χ0n) is 12.7. The number of ether oxygens (including phenoxy) is 1. The summed E-state index contributed by atoms with van der Waals surface area (Å²) in [7, 11) is 0. The van der Waals surface area contributed by atoms with E-state index in [1.165, 1.54) is 0 Å². The molecule has 1 saturated heterocycles. The second kappa shape index (κ2) is 6.36. The van der Waals surface area contributed by atoms with E-state index in [0.717, 1.165) is 16.5 Å². The van der Waals surface area contributed by atoms with Gasteiger partial charge in [0.15, 0.2) is 0 Å². The van der Waals surface area contributed by atoms with Gasteiger partial charge < -0.3 is 14.7 Å². The third-order valence-electron chi connectivity index (χ3n) is 3.53. The van der Waals surface area contributed by atoms with Crippen LogP contribution in [0.1, 0.15) is 38.9 Å². The molecule has 2 unspecified atom stereocenters. The lowest BCUT2D eigenvalue weighted by molar-refractivity contribution is 0.0268. The summed E-state index contributed by atoms with van der Waals surface area (Å²) in [5.41, 5.74) is 0.397. The van der Waals surface area contributed by atoms with Crippen LogP contribution in [0.25, 0.3) is 0 Å². The highest BCUT2D eigenvalue weighted by molar-refractivity contribution is 9.10. The van der Waals surface area contributed by atoms with Crippen LogP contribution in [0.4, 0.5) is 4.79 Å². The van der Waals surface area contributed by atoms with Crippen molar-refractivity contribution in [2.75, 3.05) is 13.1 Å². The number of benzene rings is 1. The van der Waals surface area contributed by atoms with Gasteiger partial charge >= 0.3 is 6.09 Å². The Hall–Kier alpha value is -1.07. The predicted molar refractivity (Wildman–Crippen MR) is 85.0 cm³/mol. The molecular weight excluding hydrogens is 334 g/mol. The first-order valence-corrected chi connectivity index (χ1v) is 7.97. The highest BCUT2D eigenvalue weighted by Crippen LogP contribution is 2.31. The molecule has 4 nitrogen and oxygen atoms in total. The van der Waals surface area contributed by atoms with Crippen molar-refractivity contribution in [3.8, 4) is 0 Å². The first kappa shape index (κ1) is 16.3.